The average molecular weight is 330 g/mol. The second kappa shape index (κ2) is 8.67. The lowest BCUT2D eigenvalue weighted by molar-refractivity contribution is 0.251. The van der Waals surface area contributed by atoms with Crippen LogP contribution >= 0.6 is 0 Å². The highest BCUT2D eigenvalue weighted by Crippen LogP contribution is 2.24. The summed E-state index contributed by atoms with van der Waals surface area (Å²) in [7, 11) is 3.18. The van der Waals surface area contributed by atoms with Crippen molar-refractivity contribution in [1.82, 2.24) is 5.32 Å². The van der Waals surface area contributed by atoms with Gasteiger partial charge in [-0.3, -0.25) is 0 Å². The fourth-order valence-corrected chi connectivity index (χ4v) is 2.15. The third kappa shape index (κ3) is 4.81. The van der Waals surface area contributed by atoms with Gasteiger partial charge in [0.05, 0.1) is 20.8 Å². The van der Waals surface area contributed by atoms with E-state index < -0.39 is 0 Å². The van der Waals surface area contributed by atoms with Gasteiger partial charge in [-0.1, -0.05) is 0 Å². The number of hydrogen-bond donors (Lipinski definition) is 2. The topological polar surface area (TPSA) is 68.8 Å². The predicted octanol–water partition coefficient (Wildman–Crippen LogP) is 3.42. The number of ether oxygens (including phenoxy) is 3. The quantitative estimate of drug-likeness (QED) is 0.816. The highest BCUT2D eigenvalue weighted by Gasteiger charge is 2.07. The summed E-state index contributed by atoms with van der Waals surface area (Å²) in [5.74, 6) is 2.14. The van der Waals surface area contributed by atoms with Crippen LogP contribution in [-0.4, -0.2) is 26.9 Å². The van der Waals surface area contributed by atoms with Gasteiger partial charge in [0.25, 0.3) is 0 Å². The molecular weight excluding hydrogens is 308 g/mol. The van der Waals surface area contributed by atoms with Gasteiger partial charge in [-0.2, -0.15) is 0 Å². The SMILES string of the molecule is CCOc1ccc(NC(=O)NCc2ccc(OC)cc2OC)cc1. The highest BCUT2D eigenvalue weighted by molar-refractivity contribution is 5.89. The normalized spacial score (nSPS) is 9.96. The zero-order valence-electron chi connectivity index (χ0n) is 14.1. The molecule has 2 aromatic rings. The molecule has 0 atom stereocenters. The van der Waals surface area contributed by atoms with E-state index in [1.807, 2.05) is 31.2 Å². The van der Waals surface area contributed by atoms with E-state index >= 15 is 0 Å². The molecule has 128 valence electrons. The van der Waals surface area contributed by atoms with Gasteiger partial charge in [0.2, 0.25) is 0 Å². The lowest BCUT2D eigenvalue weighted by Crippen LogP contribution is -2.28. The summed E-state index contributed by atoms with van der Waals surface area (Å²) < 4.78 is 15.8. The standard InChI is InChI=1S/C18H22N2O4/c1-4-24-15-9-6-14(7-10-15)20-18(21)19-12-13-5-8-16(22-2)11-17(13)23-3/h5-11H,4,12H2,1-3H3,(H2,19,20,21). The number of urea groups is 1. The van der Waals surface area contributed by atoms with Crippen LogP contribution in [-0.2, 0) is 6.54 Å². The van der Waals surface area contributed by atoms with Gasteiger partial charge in [-0.25, -0.2) is 4.79 Å². The van der Waals surface area contributed by atoms with Crippen LogP contribution in [0.15, 0.2) is 42.5 Å². The number of benzene rings is 2. The molecule has 0 unspecified atom stereocenters. The third-order valence-electron chi connectivity index (χ3n) is 3.36. The molecule has 2 aromatic carbocycles. The zero-order valence-corrected chi connectivity index (χ0v) is 14.1. The van der Waals surface area contributed by atoms with E-state index in [0.29, 0.717) is 30.3 Å². The molecule has 0 saturated heterocycles. The summed E-state index contributed by atoms with van der Waals surface area (Å²) in [4.78, 5) is 12.0. The van der Waals surface area contributed by atoms with E-state index in [9.17, 15) is 4.79 Å². The van der Waals surface area contributed by atoms with Crippen molar-refractivity contribution >= 4 is 11.7 Å². The minimum absolute atomic E-state index is 0.294. The van der Waals surface area contributed by atoms with Gasteiger partial charge in [0.1, 0.15) is 17.2 Å². The Labute approximate surface area is 141 Å². The summed E-state index contributed by atoms with van der Waals surface area (Å²) in [6, 6.07) is 12.4. The first-order chi connectivity index (χ1) is 11.7. The van der Waals surface area contributed by atoms with E-state index in [-0.39, 0.29) is 6.03 Å². The largest absolute Gasteiger partial charge is 0.497 e. The number of nitrogens with one attached hydrogen (secondary N) is 2. The lowest BCUT2D eigenvalue weighted by Gasteiger charge is -2.12. The van der Waals surface area contributed by atoms with Crippen molar-refractivity contribution in [3.8, 4) is 17.2 Å². The molecule has 24 heavy (non-hydrogen) atoms. The maximum Gasteiger partial charge on any atom is 0.319 e. The van der Waals surface area contributed by atoms with Gasteiger partial charge in [-0.05, 0) is 43.3 Å². The number of amides is 2. The minimum Gasteiger partial charge on any atom is -0.497 e. The molecule has 6 heteroatoms. The molecule has 0 aliphatic rings. The molecule has 0 saturated carbocycles. The van der Waals surface area contributed by atoms with E-state index in [4.69, 9.17) is 14.2 Å². The fraction of sp³-hybridized carbons (Fsp3) is 0.278. The van der Waals surface area contributed by atoms with Crippen LogP contribution in [0.1, 0.15) is 12.5 Å². The molecular formula is C18H22N2O4. The number of anilines is 1. The summed E-state index contributed by atoms with van der Waals surface area (Å²) in [5.41, 5.74) is 1.55. The fourth-order valence-electron chi connectivity index (χ4n) is 2.15. The number of rotatable bonds is 7. The van der Waals surface area contributed by atoms with Crippen molar-refractivity contribution in [2.75, 3.05) is 26.1 Å². The molecule has 0 heterocycles. The predicted molar refractivity (Wildman–Crippen MR) is 93.0 cm³/mol. The van der Waals surface area contributed by atoms with Crippen LogP contribution < -0.4 is 24.8 Å². The zero-order chi connectivity index (χ0) is 17.4. The Bertz CT molecular complexity index is 671. The van der Waals surface area contributed by atoms with Crippen LogP contribution in [0.2, 0.25) is 0 Å². The molecule has 0 aromatic heterocycles. The first-order valence-electron chi connectivity index (χ1n) is 7.65. The molecule has 2 amide bonds. The summed E-state index contributed by atoms with van der Waals surface area (Å²) in [6.07, 6.45) is 0. The summed E-state index contributed by atoms with van der Waals surface area (Å²) >= 11 is 0. The molecule has 0 spiro atoms. The van der Waals surface area contributed by atoms with Crippen molar-refractivity contribution in [3.63, 3.8) is 0 Å². The Hall–Kier alpha value is -2.89. The Morgan fingerprint density at radius 1 is 1.00 bits per heavy atom. The Balaban J connectivity index is 1.91. The molecule has 0 aliphatic heterocycles. The molecule has 0 fully saturated rings. The second-order valence-electron chi connectivity index (χ2n) is 4.94. The first kappa shape index (κ1) is 17.5. The second-order valence-corrected chi connectivity index (χ2v) is 4.94. The molecule has 0 bridgehead atoms. The molecule has 2 N–H and O–H groups in total. The smallest absolute Gasteiger partial charge is 0.319 e. The average Bonchev–Trinajstić information content (AvgIpc) is 2.61. The van der Waals surface area contributed by atoms with Gasteiger partial charge >= 0.3 is 6.03 Å². The first-order valence-corrected chi connectivity index (χ1v) is 7.65. The number of carbonyl (C=O) groups is 1. The van der Waals surface area contributed by atoms with E-state index in [2.05, 4.69) is 10.6 Å². The van der Waals surface area contributed by atoms with Gasteiger partial charge in [0, 0.05) is 23.9 Å². The van der Waals surface area contributed by atoms with Crippen LogP contribution in [0.25, 0.3) is 0 Å². The molecule has 2 rings (SSSR count). The molecule has 0 aliphatic carbocycles. The number of hydrogen-bond acceptors (Lipinski definition) is 4. The molecule has 6 nitrogen and oxygen atoms in total. The lowest BCUT2D eigenvalue weighted by atomic mass is 10.2. The Morgan fingerprint density at radius 3 is 2.33 bits per heavy atom. The summed E-state index contributed by atoms with van der Waals surface area (Å²) in [6.45, 7) is 2.88. The van der Waals surface area contributed by atoms with E-state index in [1.165, 1.54) is 0 Å². The van der Waals surface area contributed by atoms with E-state index in [1.54, 1.807) is 32.4 Å². The maximum atomic E-state index is 12.0. The Kier molecular flexibility index (Phi) is 6.31. The van der Waals surface area contributed by atoms with Gasteiger partial charge < -0.3 is 24.8 Å². The van der Waals surface area contributed by atoms with Crippen molar-refractivity contribution in [2.45, 2.75) is 13.5 Å². The van der Waals surface area contributed by atoms with Crippen molar-refractivity contribution in [3.05, 3.63) is 48.0 Å². The monoisotopic (exact) mass is 330 g/mol. The number of methoxy groups -OCH3 is 2. The van der Waals surface area contributed by atoms with Gasteiger partial charge in [0.15, 0.2) is 0 Å². The number of carbonyl (C=O) groups excluding carboxylic acids is 1. The van der Waals surface area contributed by atoms with Crippen LogP contribution in [0.3, 0.4) is 0 Å². The van der Waals surface area contributed by atoms with Crippen molar-refractivity contribution < 1.29 is 19.0 Å². The minimum atomic E-state index is -0.294. The third-order valence-corrected chi connectivity index (χ3v) is 3.36. The Morgan fingerprint density at radius 2 is 1.71 bits per heavy atom. The highest BCUT2D eigenvalue weighted by atomic mass is 16.5. The summed E-state index contributed by atoms with van der Waals surface area (Å²) in [5, 5.41) is 5.57. The van der Waals surface area contributed by atoms with Crippen LogP contribution in [0.4, 0.5) is 10.5 Å². The van der Waals surface area contributed by atoms with Gasteiger partial charge in [-0.15, -0.1) is 0 Å². The molecule has 0 radical (unpaired) electrons. The maximum absolute atomic E-state index is 12.0. The van der Waals surface area contributed by atoms with Crippen molar-refractivity contribution in [1.29, 1.82) is 0 Å². The van der Waals surface area contributed by atoms with Crippen molar-refractivity contribution in [2.24, 2.45) is 0 Å². The van der Waals surface area contributed by atoms with Crippen LogP contribution in [0, 0.1) is 0 Å². The van der Waals surface area contributed by atoms with Crippen LogP contribution in [0.5, 0.6) is 17.2 Å². The van der Waals surface area contributed by atoms with E-state index in [0.717, 1.165) is 11.3 Å².